The summed E-state index contributed by atoms with van der Waals surface area (Å²) >= 11 is 0. The van der Waals surface area contributed by atoms with Gasteiger partial charge in [-0.3, -0.25) is 19.2 Å². The number of fused-ring (bicyclic) bond motifs is 4. The van der Waals surface area contributed by atoms with Gasteiger partial charge in [0.1, 0.15) is 36.2 Å². The smallest absolute Gasteiger partial charge is 0.422 e. The van der Waals surface area contributed by atoms with Crippen LogP contribution in [0.3, 0.4) is 0 Å². The molecule has 0 spiro atoms. The Morgan fingerprint density at radius 1 is 0.870 bits per heavy atom. The molecular weight excluding hydrogens is 1020 g/mol. The lowest BCUT2D eigenvalue weighted by molar-refractivity contribution is -0.263. The lowest BCUT2D eigenvalue weighted by Gasteiger charge is -2.50. The van der Waals surface area contributed by atoms with Crippen molar-refractivity contribution in [3.63, 3.8) is 0 Å². The molecule has 434 valence electrons. The number of Topliss-reactive ketones (excluding diaryl/α,β-unsaturated/α-hetero) is 3. The van der Waals surface area contributed by atoms with Crippen LogP contribution in [0.15, 0.2) is 47.6 Å². The zero-order valence-corrected chi connectivity index (χ0v) is 47.8. The summed E-state index contributed by atoms with van der Waals surface area (Å²) in [7, 11) is 1.58. The zero-order valence-electron chi connectivity index (χ0n) is 47.0. The van der Waals surface area contributed by atoms with Crippen molar-refractivity contribution >= 4 is 45.5 Å². The fourth-order valence-corrected chi connectivity index (χ4v) is 13.1. The first-order chi connectivity index (χ1) is 36.5. The highest BCUT2D eigenvalue weighted by molar-refractivity contribution is 7.87. The van der Waals surface area contributed by atoms with Crippen molar-refractivity contribution in [1.29, 1.82) is 0 Å². The van der Waals surface area contributed by atoms with E-state index in [1.54, 1.807) is 33.8 Å². The van der Waals surface area contributed by atoms with Crippen LogP contribution in [0.5, 0.6) is 0 Å². The number of ketones is 3. The number of nitrogens with zero attached hydrogens (tertiary/aromatic N) is 3. The van der Waals surface area contributed by atoms with E-state index in [0.717, 1.165) is 12.7 Å². The van der Waals surface area contributed by atoms with Gasteiger partial charge in [-0.15, -0.1) is 0 Å². The number of aliphatic hydroxyl groups is 3. The molecule has 0 aromatic heterocycles. The van der Waals surface area contributed by atoms with Crippen LogP contribution >= 0.6 is 0 Å². The molecule has 8 unspecified atom stereocenters. The van der Waals surface area contributed by atoms with Crippen LogP contribution < -0.4 is 4.72 Å². The third-order valence-corrected chi connectivity index (χ3v) is 18.2. The van der Waals surface area contributed by atoms with Crippen LogP contribution in [0.2, 0.25) is 0 Å². The van der Waals surface area contributed by atoms with Crippen LogP contribution in [-0.2, 0) is 57.9 Å². The van der Waals surface area contributed by atoms with Crippen molar-refractivity contribution in [2.45, 2.75) is 167 Å². The molecule has 0 aromatic carbocycles. The predicted molar refractivity (Wildman–Crippen MR) is 286 cm³/mol. The van der Waals surface area contributed by atoms with Crippen LogP contribution in [0.4, 0.5) is 4.79 Å². The van der Waals surface area contributed by atoms with E-state index in [1.165, 1.54) is 23.4 Å². The Bertz CT molecular complexity index is 2300. The summed E-state index contributed by atoms with van der Waals surface area (Å²) in [5, 5.41) is 30.5. The summed E-state index contributed by atoms with van der Waals surface area (Å²) in [6.07, 6.45) is 9.54. The molecule has 15 atom stereocenters. The average Bonchev–Trinajstić information content (AvgIpc) is 3.40. The van der Waals surface area contributed by atoms with Gasteiger partial charge in [0.25, 0.3) is 11.7 Å². The highest BCUT2D eigenvalue weighted by Crippen LogP contribution is 2.45. The highest BCUT2D eigenvalue weighted by Gasteiger charge is 2.57. The number of carbonyl (C=O) groups excluding carboxylic acids is 6. The summed E-state index contributed by atoms with van der Waals surface area (Å²) in [6.45, 7) is 12.3. The van der Waals surface area contributed by atoms with Gasteiger partial charge >= 0.3 is 22.3 Å². The SMILES string of the molecule is CO.COC1CC(C[C@H]2C3CCCN4C(=O)C(=O)C5(O)O[C@H](CC/C(C)=C/C=C/C=C/[C@@H](C)CC(C)C(=O)[C@H](OC)C(O)/C(C)=C/[C@@H](C)C(=O)C[C@@H]2OC(=O)C34)CCC5C)CC[C@H]1OC(=O)NS(=O)(=O)N1CCN(C)CC1. The highest BCUT2D eigenvalue weighted by atomic mass is 32.2. The molecule has 2 amide bonds. The molecule has 5 aliphatic heterocycles. The molecule has 6 aliphatic rings. The molecule has 21 heteroatoms. The van der Waals surface area contributed by atoms with E-state index in [0.29, 0.717) is 89.3 Å². The van der Waals surface area contributed by atoms with Crippen molar-refractivity contribution < 1.29 is 76.2 Å². The lowest BCUT2D eigenvalue weighted by atomic mass is 9.68. The first-order valence-corrected chi connectivity index (χ1v) is 29.0. The molecule has 4 saturated heterocycles. The average molecular weight is 1110 g/mol. The normalized spacial score (nSPS) is 38.5. The first-order valence-electron chi connectivity index (χ1n) is 27.5. The molecule has 20 nitrogen and oxygen atoms in total. The van der Waals surface area contributed by atoms with Crippen LogP contribution in [0, 0.1) is 41.4 Å². The number of hydrogen-bond acceptors (Lipinski definition) is 17. The number of carbonyl (C=O) groups is 6. The summed E-state index contributed by atoms with van der Waals surface area (Å²) in [5.41, 5.74) is 1.39. The summed E-state index contributed by atoms with van der Waals surface area (Å²) < 4.78 is 58.9. The summed E-state index contributed by atoms with van der Waals surface area (Å²) in [6, 6.07) is -1.20. The minimum atomic E-state index is -4.15. The number of allylic oxidation sites excluding steroid dienone is 7. The van der Waals surface area contributed by atoms with Gasteiger partial charge in [0.15, 0.2) is 5.78 Å². The first kappa shape index (κ1) is 63.6. The van der Waals surface area contributed by atoms with E-state index < -0.39 is 112 Å². The topological polar surface area (TPSA) is 265 Å². The molecule has 1 aliphatic carbocycles. The molecule has 6 rings (SSSR count). The maximum absolute atomic E-state index is 14.6. The second kappa shape index (κ2) is 28.8. The molecule has 4 bridgehead atoms. The number of methoxy groups -OCH3 is 2. The number of amides is 2. The second-order valence-electron chi connectivity index (χ2n) is 22.4. The zero-order chi connectivity index (χ0) is 56.9. The minimum Gasteiger partial charge on any atom is -0.460 e. The van der Waals surface area contributed by atoms with Gasteiger partial charge in [0.05, 0.1) is 12.2 Å². The van der Waals surface area contributed by atoms with Crippen LogP contribution in [0.1, 0.15) is 119 Å². The number of esters is 1. The van der Waals surface area contributed by atoms with Gasteiger partial charge in [-0.05, 0) is 115 Å². The van der Waals surface area contributed by atoms with Gasteiger partial charge in [-0.1, -0.05) is 69.7 Å². The number of hydrogen-bond donors (Lipinski definition) is 4. The lowest BCUT2D eigenvalue weighted by Crippen LogP contribution is -2.65. The number of rotatable bonds is 7. The number of ether oxygens (including phenoxy) is 5. The van der Waals surface area contributed by atoms with E-state index in [9.17, 15) is 47.4 Å². The molecular formula is C56H88N4O16S. The molecule has 5 heterocycles. The molecule has 0 aromatic rings. The third-order valence-electron chi connectivity index (χ3n) is 16.8. The summed E-state index contributed by atoms with van der Waals surface area (Å²) in [4.78, 5) is 87.8. The summed E-state index contributed by atoms with van der Waals surface area (Å²) in [5.74, 6) is -9.12. The van der Waals surface area contributed by atoms with E-state index in [1.807, 2.05) is 60.9 Å². The Hall–Kier alpha value is -4.19. The Balaban J connectivity index is 0.00000540. The number of piperidine rings is 1. The molecule has 77 heavy (non-hydrogen) atoms. The predicted octanol–water partition coefficient (Wildman–Crippen LogP) is 4.61. The quantitative estimate of drug-likeness (QED) is 0.154. The van der Waals surface area contributed by atoms with Crippen molar-refractivity contribution in [2.24, 2.45) is 41.4 Å². The standard InChI is InChI=1S/C55H84N4O15S.CH4O/c1-33-14-11-10-12-15-34(2)28-36(4)48(61)50(71-9)49(62)37(5)29-35(3)43(60)32-45-42(30-39-19-22-44(46(31-39)70-8)73-54(66)56-75(68,69)58-26-24-57(7)25-27-58)41-16-13-23-59(47(41)53(65)72-45)52(64)51(63)55(67)38(6)18-21-40(74-55)20-17-33;1-2/h10-12,14-15,29,34-36,38-42,44-47,49-50,62,67H,13,16-28,30-32H2,1-9H3,(H,56,66);2H,1H3/b11-10+,15-12+,33-14+,37-29+;/t34-,35-,36?,38?,39?,40-,41?,42+,44-,45+,46?,47?,49?,50+,55?;/m1./s1. The molecule has 1 saturated carbocycles. The van der Waals surface area contributed by atoms with E-state index in [4.69, 9.17) is 28.8 Å². The number of likely N-dealkylation sites (N-methyl/N-ethyl adjacent to an activating group) is 1. The van der Waals surface area contributed by atoms with E-state index >= 15 is 0 Å². The number of aliphatic hydroxyl groups excluding tert-OH is 2. The van der Waals surface area contributed by atoms with Crippen molar-refractivity contribution in [2.75, 3.05) is 61.1 Å². The third kappa shape index (κ3) is 16.2. The fourth-order valence-electron chi connectivity index (χ4n) is 12.1. The number of nitrogens with one attached hydrogen (secondary N) is 1. The second-order valence-corrected chi connectivity index (χ2v) is 24.1. The van der Waals surface area contributed by atoms with Gasteiger partial charge < -0.3 is 48.8 Å². The largest absolute Gasteiger partial charge is 0.460 e. The monoisotopic (exact) mass is 1100 g/mol. The van der Waals surface area contributed by atoms with Gasteiger partial charge in [0.2, 0.25) is 5.79 Å². The van der Waals surface area contributed by atoms with Crippen molar-refractivity contribution in [3.8, 4) is 0 Å². The van der Waals surface area contributed by atoms with Crippen LogP contribution in [0.25, 0.3) is 0 Å². The Kier molecular flexibility index (Phi) is 23.8. The Morgan fingerprint density at radius 3 is 2.25 bits per heavy atom. The maximum Gasteiger partial charge on any atom is 0.422 e. The van der Waals surface area contributed by atoms with Crippen molar-refractivity contribution in [3.05, 3.63) is 47.6 Å². The fraction of sp³-hybridized carbons (Fsp3) is 0.750. The van der Waals surface area contributed by atoms with Crippen molar-refractivity contribution in [1.82, 2.24) is 18.8 Å². The number of piperazine rings is 1. The van der Waals surface area contributed by atoms with Gasteiger partial charge in [0, 0.05) is 84.1 Å². The van der Waals surface area contributed by atoms with E-state index in [2.05, 4.69) is 0 Å². The van der Waals surface area contributed by atoms with Crippen LogP contribution in [-0.4, -0.2) is 183 Å². The maximum atomic E-state index is 14.6. The van der Waals surface area contributed by atoms with Gasteiger partial charge in [-0.2, -0.15) is 12.7 Å². The Labute approximate surface area is 456 Å². The van der Waals surface area contributed by atoms with Gasteiger partial charge in [-0.25, -0.2) is 14.3 Å². The molecule has 5 fully saturated rings. The molecule has 0 radical (unpaired) electrons. The molecule has 4 N–H and O–H groups in total. The minimum absolute atomic E-state index is 0.0197. The Morgan fingerprint density at radius 2 is 1.57 bits per heavy atom. The van der Waals surface area contributed by atoms with E-state index in [-0.39, 0.29) is 49.5 Å².